The van der Waals surface area contributed by atoms with Gasteiger partial charge < -0.3 is 4.55 Å². The minimum absolute atomic E-state index is 0.211. The summed E-state index contributed by atoms with van der Waals surface area (Å²) < 4.78 is 59.2. The molecule has 0 saturated carbocycles. The maximum Gasteiger partial charge on any atom is 0.217 e. The van der Waals surface area contributed by atoms with Gasteiger partial charge in [-0.3, -0.25) is 4.18 Å². The number of hydrogen-bond acceptors (Lipinski definition) is 6. The molecule has 0 spiro atoms. The predicted octanol–water partition coefficient (Wildman–Crippen LogP) is 0.0440. The van der Waals surface area contributed by atoms with E-state index in [9.17, 15) is 21.4 Å². The average Bonchev–Trinajstić information content (AvgIpc) is 2.52. The first kappa shape index (κ1) is 13.5. The molecule has 2 unspecified atom stereocenters. The van der Waals surface area contributed by atoms with Crippen LogP contribution in [0.3, 0.4) is 0 Å². The van der Waals surface area contributed by atoms with E-state index in [0.29, 0.717) is 5.56 Å². The molecule has 0 radical (unpaired) electrons. The predicted molar refractivity (Wildman–Crippen MR) is 62.4 cm³/mol. The zero-order valence-corrected chi connectivity index (χ0v) is 10.9. The van der Waals surface area contributed by atoms with E-state index >= 15 is 0 Å². The molecule has 0 amide bonds. The van der Waals surface area contributed by atoms with Crippen molar-refractivity contribution in [2.24, 2.45) is 0 Å². The molecule has 8 heteroatoms. The van der Waals surface area contributed by atoms with Crippen molar-refractivity contribution >= 4 is 20.2 Å². The smallest absolute Gasteiger partial charge is 0.217 e. The van der Waals surface area contributed by atoms with Crippen LogP contribution in [0.5, 0.6) is 0 Å². The van der Waals surface area contributed by atoms with Crippen LogP contribution in [0, 0.1) is 0 Å². The standard InChI is InChI=1S/C10H12O6S2/c11-17(12)6-9(8-4-2-1-3-5-8)10(7-17)16-18(13,14)15/h1-5,9-10H,6-7H2,(H,13,14,15)/p-1. The van der Waals surface area contributed by atoms with Gasteiger partial charge in [0.2, 0.25) is 10.4 Å². The van der Waals surface area contributed by atoms with Crippen molar-refractivity contribution in [2.45, 2.75) is 12.0 Å². The Bertz CT molecular complexity index is 620. The van der Waals surface area contributed by atoms with E-state index in [4.69, 9.17) is 0 Å². The van der Waals surface area contributed by atoms with Crippen molar-refractivity contribution < 1.29 is 25.6 Å². The first-order valence-electron chi connectivity index (χ1n) is 5.16. The summed E-state index contributed by atoms with van der Waals surface area (Å²) in [6.45, 7) is 0. The highest BCUT2D eigenvalue weighted by Crippen LogP contribution is 2.32. The van der Waals surface area contributed by atoms with Crippen molar-refractivity contribution in [1.82, 2.24) is 0 Å². The summed E-state index contributed by atoms with van der Waals surface area (Å²) in [4.78, 5) is 0. The van der Waals surface area contributed by atoms with Crippen LogP contribution >= 0.6 is 0 Å². The van der Waals surface area contributed by atoms with Crippen molar-refractivity contribution in [2.75, 3.05) is 11.5 Å². The lowest BCUT2D eigenvalue weighted by Crippen LogP contribution is -2.24. The molecule has 0 aliphatic carbocycles. The fourth-order valence-corrected chi connectivity index (χ4v) is 4.55. The van der Waals surface area contributed by atoms with Crippen molar-refractivity contribution in [3.05, 3.63) is 35.9 Å². The van der Waals surface area contributed by atoms with Gasteiger partial charge >= 0.3 is 0 Å². The van der Waals surface area contributed by atoms with Gasteiger partial charge in [-0.15, -0.1) is 0 Å². The molecule has 2 atom stereocenters. The van der Waals surface area contributed by atoms with Gasteiger partial charge in [-0.1, -0.05) is 30.3 Å². The van der Waals surface area contributed by atoms with Gasteiger partial charge in [0.05, 0.1) is 17.6 Å². The van der Waals surface area contributed by atoms with Crippen LogP contribution in [0.2, 0.25) is 0 Å². The first-order valence-corrected chi connectivity index (χ1v) is 8.32. The SMILES string of the molecule is O=S1(=O)CC(OS(=O)(=O)[O-])C(c2ccccc2)C1. The van der Waals surface area contributed by atoms with E-state index < -0.39 is 38.0 Å². The molecule has 1 aliphatic heterocycles. The van der Waals surface area contributed by atoms with Gasteiger partial charge in [-0.25, -0.2) is 16.8 Å². The molecule has 1 fully saturated rings. The molecule has 1 aromatic rings. The van der Waals surface area contributed by atoms with Crippen molar-refractivity contribution in [1.29, 1.82) is 0 Å². The second kappa shape index (κ2) is 4.61. The number of sulfone groups is 1. The van der Waals surface area contributed by atoms with Crippen LogP contribution < -0.4 is 0 Å². The van der Waals surface area contributed by atoms with E-state index in [1.54, 1.807) is 30.3 Å². The minimum atomic E-state index is -4.91. The van der Waals surface area contributed by atoms with E-state index in [2.05, 4.69) is 4.18 Å². The number of benzene rings is 1. The molecule has 0 aromatic heterocycles. The highest BCUT2D eigenvalue weighted by molar-refractivity contribution is 7.91. The third-order valence-electron chi connectivity index (χ3n) is 2.77. The molecule has 1 heterocycles. The summed E-state index contributed by atoms with van der Waals surface area (Å²) in [5, 5.41) is 0. The van der Waals surface area contributed by atoms with Gasteiger partial charge in [0.1, 0.15) is 0 Å². The molecule has 18 heavy (non-hydrogen) atoms. The fourth-order valence-electron chi connectivity index (χ4n) is 2.07. The normalized spacial score (nSPS) is 27.2. The second-order valence-corrected chi connectivity index (χ2v) is 7.30. The Labute approximate surface area is 105 Å². The van der Waals surface area contributed by atoms with Crippen LogP contribution in [0.4, 0.5) is 0 Å². The minimum Gasteiger partial charge on any atom is -0.726 e. The van der Waals surface area contributed by atoms with Crippen molar-refractivity contribution in [3.63, 3.8) is 0 Å². The number of rotatable bonds is 3. The summed E-state index contributed by atoms with van der Waals surface area (Å²) in [7, 11) is -8.31. The van der Waals surface area contributed by atoms with Crippen LogP contribution in [0.1, 0.15) is 11.5 Å². The lowest BCUT2D eigenvalue weighted by molar-refractivity contribution is 0.183. The molecule has 1 aromatic carbocycles. The van der Waals surface area contributed by atoms with Crippen LogP contribution in [-0.4, -0.2) is 39.0 Å². The zero-order chi connectivity index (χ0) is 13.4. The van der Waals surface area contributed by atoms with Gasteiger partial charge in [0.15, 0.2) is 9.84 Å². The summed E-state index contributed by atoms with van der Waals surface area (Å²) in [6, 6.07) is 8.54. The monoisotopic (exact) mass is 291 g/mol. The van der Waals surface area contributed by atoms with Crippen LogP contribution in [0.25, 0.3) is 0 Å². The molecule has 0 N–H and O–H groups in total. The summed E-state index contributed by atoms with van der Waals surface area (Å²) in [5.74, 6) is -1.29. The Kier molecular flexibility index (Phi) is 3.45. The van der Waals surface area contributed by atoms with E-state index in [1.807, 2.05) is 0 Å². The summed E-state index contributed by atoms with van der Waals surface area (Å²) >= 11 is 0. The largest absolute Gasteiger partial charge is 0.726 e. The molecule has 0 bridgehead atoms. The highest BCUT2D eigenvalue weighted by Gasteiger charge is 2.40. The van der Waals surface area contributed by atoms with Crippen LogP contribution in [-0.2, 0) is 24.4 Å². The van der Waals surface area contributed by atoms with Gasteiger partial charge in [0.25, 0.3) is 0 Å². The molecule has 100 valence electrons. The topological polar surface area (TPSA) is 101 Å². The van der Waals surface area contributed by atoms with Gasteiger partial charge in [-0.2, -0.15) is 0 Å². The molecular formula is C10H11O6S2-. The maximum atomic E-state index is 11.5. The molecule has 1 saturated heterocycles. The summed E-state index contributed by atoms with van der Waals surface area (Å²) in [5.41, 5.74) is 0.646. The zero-order valence-electron chi connectivity index (χ0n) is 9.22. The molecule has 2 rings (SSSR count). The first-order chi connectivity index (χ1) is 8.27. The Morgan fingerprint density at radius 1 is 1.17 bits per heavy atom. The quantitative estimate of drug-likeness (QED) is 0.576. The fraction of sp³-hybridized carbons (Fsp3) is 0.400. The molecule has 1 aliphatic rings. The van der Waals surface area contributed by atoms with E-state index in [1.165, 1.54) is 0 Å². The average molecular weight is 291 g/mol. The molecular weight excluding hydrogens is 280 g/mol. The highest BCUT2D eigenvalue weighted by atomic mass is 32.3. The third-order valence-corrected chi connectivity index (χ3v) is 4.96. The molecule has 6 nitrogen and oxygen atoms in total. The third kappa shape index (κ3) is 3.29. The number of hydrogen-bond donors (Lipinski definition) is 0. The maximum absolute atomic E-state index is 11.5. The van der Waals surface area contributed by atoms with E-state index in [0.717, 1.165) is 0 Å². The Morgan fingerprint density at radius 2 is 1.78 bits per heavy atom. The lowest BCUT2D eigenvalue weighted by Gasteiger charge is -2.20. The Balaban J connectivity index is 2.32. The second-order valence-electron chi connectivity index (χ2n) is 4.14. The van der Waals surface area contributed by atoms with Crippen LogP contribution in [0.15, 0.2) is 30.3 Å². The van der Waals surface area contributed by atoms with Crippen molar-refractivity contribution in [3.8, 4) is 0 Å². The lowest BCUT2D eigenvalue weighted by atomic mass is 9.97. The van der Waals surface area contributed by atoms with Gasteiger partial charge in [0, 0.05) is 5.92 Å². The Hall–Kier alpha value is -0.960. The summed E-state index contributed by atoms with van der Waals surface area (Å²) in [6.07, 6.45) is -1.14. The van der Waals surface area contributed by atoms with E-state index in [-0.39, 0.29) is 5.75 Å². The van der Waals surface area contributed by atoms with Gasteiger partial charge in [-0.05, 0) is 5.56 Å². The Morgan fingerprint density at radius 3 is 2.33 bits per heavy atom.